The third-order valence-electron chi connectivity index (χ3n) is 5.47. The van der Waals surface area contributed by atoms with Gasteiger partial charge >= 0.3 is 5.97 Å². The van der Waals surface area contributed by atoms with Crippen LogP contribution in [0, 0.1) is 0 Å². The van der Waals surface area contributed by atoms with Crippen molar-refractivity contribution in [1.82, 2.24) is 10.2 Å². The maximum atomic E-state index is 12.0. The zero-order valence-corrected chi connectivity index (χ0v) is 17.6. The number of hydrogen-bond donors (Lipinski definition) is 3. The molecule has 160 valence electrons. The number of rotatable bonds is 5. The fourth-order valence-electron chi connectivity index (χ4n) is 3.98. The Morgan fingerprint density at radius 1 is 1.21 bits per heavy atom. The second kappa shape index (κ2) is 9.13. The Hall–Kier alpha value is -2.12. The first-order valence-corrected chi connectivity index (χ1v) is 10.5. The number of aliphatic hydroxyl groups excluding tert-OH is 1. The number of likely N-dealkylation sites (tertiary alicyclic amines) is 1. The van der Waals surface area contributed by atoms with Gasteiger partial charge in [0.2, 0.25) is 5.91 Å². The third-order valence-corrected chi connectivity index (χ3v) is 5.47. The van der Waals surface area contributed by atoms with Gasteiger partial charge in [0.05, 0.1) is 12.6 Å². The number of nitrogens with zero attached hydrogens (tertiary/aromatic N) is 1. The van der Waals surface area contributed by atoms with Gasteiger partial charge in [-0.2, -0.15) is 0 Å². The molecule has 0 bridgehead atoms. The molecule has 7 heteroatoms. The standard InChI is InChI=1S/C22H33N3O4/c1-22(2,3)29-20(27)14-25-12-10-16(11-13-25)15-4-6-17(7-5-15)23-18-8-9-19(26)24-21(18)28/h4-7,16,18,21,23,28H,8-14H2,1-3H3,(H,24,26). The summed E-state index contributed by atoms with van der Waals surface area (Å²) < 4.78 is 5.41. The molecule has 1 amide bonds. The van der Waals surface area contributed by atoms with Gasteiger partial charge in [-0.05, 0) is 76.7 Å². The molecule has 3 N–H and O–H groups in total. The van der Waals surface area contributed by atoms with Crippen LogP contribution in [0.25, 0.3) is 0 Å². The molecule has 2 aliphatic heterocycles. The van der Waals surface area contributed by atoms with Gasteiger partial charge in [-0.25, -0.2) is 0 Å². The lowest BCUT2D eigenvalue weighted by Gasteiger charge is -2.32. The van der Waals surface area contributed by atoms with Crippen molar-refractivity contribution in [1.29, 1.82) is 0 Å². The molecule has 1 aromatic rings. The fraction of sp³-hybridized carbons (Fsp3) is 0.636. The van der Waals surface area contributed by atoms with Gasteiger partial charge in [0, 0.05) is 12.1 Å². The Labute approximate surface area is 172 Å². The van der Waals surface area contributed by atoms with Gasteiger partial charge in [0.15, 0.2) is 0 Å². The monoisotopic (exact) mass is 403 g/mol. The maximum Gasteiger partial charge on any atom is 0.320 e. The molecule has 2 unspecified atom stereocenters. The second-order valence-corrected chi connectivity index (χ2v) is 9.06. The zero-order valence-electron chi connectivity index (χ0n) is 17.6. The Balaban J connectivity index is 1.46. The molecule has 0 saturated carbocycles. The predicted octanol–water partition coefficient (Wildman–Crippen LogP) is 2.22. The number of anilines is 1. The topological polar surface area (TPSA) is 90.9 Å². The number of hydrogen-bond acceptors (Lipinski definition) is 6. The van der Waals surface area contributed by atoms with Gasteiger partial charge in [-0.15, -0.1) is 0 Å². The first kappa shape index (κ1) is 21.6. The lowest BCUT2D eigenvalue weighted by Crippen LogP contribution is -2.51. The largest absolute Gasteiger partial charge is 0.459 e. The fourth-order valence-corrected chi connectivity index (χ4v) is 3.98. The number of piperidine rings is 2. The van der Waals surface area contributed by atoms with E-state index in [0.29, 0.717) is 25.3 Å². The molecule has 2 heterocycles. The SMILES string of the molecule is CC(C)(C)OC(=O)CN1CCC(c2ccc(NC3CCC(=O)NC3O)cc2)CC1. The van der Waals surface area contributed by atoms with E-state index < -0.39 is 11.8 Å². The quantitative estimate of drug-likeness (QED) is 0.653. The van der Waals surface area contributed by atoms with E-state index in [1.54, 1.807) is 0 Å². The molecule has 0 aromatic heterocycles. The van der Waals surface area contributed by atoms with E-state index in [4.69, 9.17) is 4.74 Å². The Bertz CT molecular complexity index is 706. The molecule has 2 atom stereocenters. The average Bonchev–Trinajstić information content (AvgIpc) is 2.64. The Morgan fingerprint density at radius 3 is 2.45 bits per heavy atom. The first-order chi connectivity index (χ1) is 13.7. The van der Waals surface area contributed by atoms with Crippen molar-refractivity contribution in [2.75, 3.05) is 25.0 Å². The molecule has 2 fully saturated rings. The minimum absolute atomic E-state index is 0.107. The summed E-state index contributed by atoms with van der Waals surface area (Å²) in [5, 5.41) is 15.8. The van der Waals surface area contributed by atoms with Gasteiger partial charge in [0.25, 0.3) is 0 Å². The van der Waals surface area contributed by atoms with Gasteiger partial charge in [0.1, 0.15) is 11.8 Å². The summed E-state index contributed by atoms with van der Waals surface area (Å²) in [5.41, 5.74) is 1.80. The minimum atomic E-state index is -0.856. The highest BCUT2D eigenvalue weighted by Gasteiger charge is 2.27. The van der Waals surface area contributed by atoms with Crippen LogP contribution in [0.5, 0.6) is 0 Å². The number of esters is 1. The van der Waals surface area contributed by atoms with Gasteiger partial charge in [-0.3, -0.25) is 14.5 Å². The van der Waals surface area contributed by atoms with E-state index in [9.17, 15) is 14.7 Å². The van der Waals surface area contributed by atoms with Crippen LogP contribution < -0.4 is 10.6 Å². The zero-order chi connectivity index (χ0) is 21.0. The summed E-state index contributed by atoms with van der Waals surface area (Å²) in [7, 11) is 0. The molecule has 2 aliphatic rings. The minimum Gasteiger partial charge on any atom is -0.459 e. The summed E-state index contributed by atoms with van der Waals surface area (Å²) in [6.45, 7) is 7.80. The van der Waals surface area contributed by atoms with Crippen molar-refractivity contribution in [3.8, 4) is 0 Å². The number of carbonyl (C=O) groups is 2. The summed E-state index contributed by atoms with van der Waals surface area (Å²) in [6, 6.07) is 8.15. The number of carbonyl (C=O) groups excluding carboxylic acids is 2. The molecule has 0 aliphatic carbocycles. The normalized spacial score (nSPS) is 24.1. The maximum absolute atomic E-state index is 12.0. The number of aliphatic hydroxyl groups is 1. The number of nitrogens with one attached hydrogen (secondary N) is 2. The van der Waals surface area contributed by atoms with E-state index in [1.165, 1.54) is 5.56 Å². The van der Waals surface area contributed by atoms with E-state index in [1.807, 2.05) is 32.9 Å². The highest BCUT2D eigenvalue weighted by molar-refractivity contribution is 5.77. The van der Waals surface area contributed by atoms with Crippen LogP contribution in [-0.2, 0) is 14.3 Å². The van der Waals surface area contributed by atoms with Crippen LogP contribution in [0.2, 0.25) is 0 Å². The molecular formula is C22H33N3O4. The van der Waals surface area contributed by atoms with Crippen molar-refractivity contribution in [3.05, 3.63) is 29.8 Å². The second-order valence-electron chi connectivity index (χ2n) is 9.06. The van der Waals surface area contributed by atoms with Gasteiger partial charge in [-0.1, -0.05) is 12.1 Å². The highest BCUT2D eigenvalue weighted by Crippen LogP contribution is 2.29. The van der Waals surface area contributed by atoms with Crippen LogP contribution in [0.4, 0.5) is 5.69 Å². The van der Waals surface area contributed by atoms with Crippen molar-refractivity contribution in [2.45, 2.75) is 70.2 Å². The Kier molecular flexibility index (Phi) is 6.80. The Morgan fingerprint density at radius 2 is 1.86 bits per heavy atom. The van der Waals surface area contributed by atoms with Crippen molar-refractivity contribution < 1.29 is 19.4 Å². The molecule has 29 heavy (non-hydrogen) atoms. The van der Waals surface area contributed by atoms with Gasteiger partial charge < -0.3 is 20.5 Å². The molecule has 3 rings (SSSR count). The van der Waals surface area contributed by atoms with Crippen LogP contribution in [0.15, 0.2) is 24.3 Å². The van der Waals surface area contributed by atoms with Crippen molar-refractivity contribution in [2.24, 2.45) is 0 Å². The van der Waals surface area contributed by atoms with E-state index in [-0.39, 0.29) is 17.9 Å². The molecule has 0 radical (unpaired) electrons. The summed E-state index contributed by atoms with van der Waals surface area (Å²) in [5.74, 6) is 0.217. The first-order valence-electron chi connectivity index (χ1n) is 10.5. The molecular weight excluding hydrogens is 370 g/mol. The van der Waals surface area contributed by atoms with E-state index in [2.05, 4.69) is 27.7 Å². The lowest BCUT2D eigenvalue weighted by molar-refractivity contribution is -0.156. The predicted molar refractivity (Wildman–Crippen MR) is 111 cm³/mol. The third kappa shape index (κ3) is 6.44. The number of ether oxygens (including phenoxy) is 1. The van der Waals surface area contributed by atoms with Crippen LogP contribution in [0.3, 0.4) is 0 Å². The van der Waals surface area contributed by atoms with Crippen molar-refractivity contribution in [3.63, 3.8) is 0 Å². The summed E-state index contributed by atoms with van der Waals surface area (Å²) in [4.78, 5) is 25.5. The van der Waals surface area contributed by atoms with Crippen LogP contribution in [0.1, 0.15) is 57.9 Å². The lowest BCUT2D eigenvalue weighted by atomic mass is 9.89. The van der Waals surface area contributed by atoms with Crippen LogP contribution in [-0.4, -0.2) is 59.4 Å². The number of benzene rings is 1. The highest BCUT2D eigenvalue weighted by atomic mass is 16.6. The number of amides is 1. The smallest absolute Gasteiger partial charge is 0.320 e. The summed E-state index contributed by atoms with van der Waals surface area (Å²) >= 11 is 0. The van der Waals surface area contributed by atoms with E-state index in [0.717, 1.165) is 31.6 Å². The molecule has 2 saturated heterocycles. The molecule has 1 aromatic carbocycles. The van der Waals surface area contributed by atoms with E-state index >= 15 is 0 Å². The summed E-state index contributed by atoms with van der Waals surface area (Å²) in [6.07, 6.45) is 2.22. The van der Waals surface area contributed by atoms with Crippen molar-refractivity contribution >= 4 is 17.6 Å². The molecule has 7 nitrogen and oxygen atoms in total. The average molecular weight is 404 g/mol. The molecule has 0 spiro atoms. The van der Waals surface area contributed by atoms with Crippen LogP contribution >= 0.6 is 0 Å².